The molecule has 0 amide bonds. The summed E-state index contributed by atoms with van der Waals surface area (Å²) in [6.07, 6.45) is 11.3. The van der Waals surface area contributed by atoms with Crippen molar-refractivity contribution < 1.29 is 1.37 Å². The highest BCUT2D eigenvalue weighted by Gasteiger charge is 2.07. The minimum absolute atomic E-state index is 0.266. The molecule has 0 aliphatic carbocycles. The summed E-state index contributed by atoms with van der Waals surface area (Å²) in [5, 5.41) is 16.7. The van der Waals surface area contributed by atoms with E-state index in [1.54, 1.807) is 10.9 Å². The van der Waals surface area contributed by atoms with E-state index in [0.717, 1.165) is 25.3 Å². The first kappa shape index (κ1) is 33.0. The van der Waals surface area contributed by atoms with E-state index in [-0.39, 0.29) is 5.92 Å². The molecule has 4 aromatic rings. The fourth-order valence-electron chi connectivity index (χ4n) is 3.67. The van der Waals surface area contributed by atoms with Crippen LogP contribution in [0, 0.1) is 44.4 Å². The van der Waals surface area contributed by atoms with Crippen LogP contribution in [0.25, 0.3) is 0 Å². The summed E-state index contributed by atoms with van der Waals surface area (Å²) in [4.78, 5) is 0. The lowest BCUT2D eigenvalue weighted by atomic mass is 10.1. The molecule has 40 heavy (non-hydrogen) atoms. The van der Waals surface area contributed by atoms with Crippen LogP contribution >= 0.6 is 0 Å². The van der Waals surface area contributed by atoms with E-state index >= 15 is 0 Å². The van der Waals surface area contributed by atoms with Gasteiger partial charge in [0, 0.05) is 56.3 Å². The van der Waals surface area contributed by atoms with Crippen molar-refractivity contribution in [2.24, 2.45) is 23.7 Å². The Bertz CT molecular complexity index is 1180. The first-order valence-corrected chi connectivity index (χ1v) is 14.6. The first-order chi connectivity index (χ1) is 19.1. The SMILES string of the molecule is CC(C)Cn1cccn1.Cc1cc(C)n(CC(C)C)n1.Cc1cnn(CC(C)C)c1.[2H]C(C)(C(C)C)n1cccn1. The molecule has 8 heteroatoms. The molecule has 0 aliphatic rings. The normalized spacial score (nSPS) is 12.8. The van der Waals surface area contributed by atoms with E-state index in [4.69, 9.17) is 1.37 Å². The predicted molar refractivity (Wildman–Crippen MR) is 167 cm³/mol. The molecule has 4 heterocycles. The molecule has 0 aromatic carbocycles. The average Bonchev–Trinajstić information content (AvgIpc) is 3.65. The van der Waals surface area contributed by atoms with Crippen LogP contribution in [0.5, 0.6) is 0 Å². The van der Waals surface area contributed by atoms with E-state index in [2.05, 4.69) is 92.7 Å². The fraction of sp³-hybridized carbons (Fsp3) is 0.625. The van der Waals surface area contributed by atoms with E-state index in [0.29, 0.717) is 17.8 Å². The Hall–Kier alpha value is -3.16. The third-order valence-electron chi connectivity index (χ3n) is 5.77. The highest BCUT2D eigenvalue weighted by atomic mass is 15.3. The zero-order chi connectivity index (χ0) is 31.2. The van der Waals surface area contributed by atoms with E-state index in [1.807, 2.05) is 74.0 Å². The van der Waals surface area contributed by atoms with Gasteiger partial charge in [-0.25, -0.2) is 0 Å². The van der Waals surface area contributed by atoms with Crippen LogP contribution in [0.1, 0.15) is 86.7 Å². The van der Waals surface area contributed by atoms with Crippen LogP contribution in [0.3, 0.4) is 0 Å². The summed E-state index contributed by atoms with van der Waals surface area (Å²) in [7, 11) is 0. The summed E-state index contributed by atoms with van der Waals surface area (Å²) < 4.78 is 15.6. The van der Waals surface area contributed by atoms with Gasteiger partial charge in [-0.2, -0.15) is 20.4 Å². The van der Waals surface area contributed by atoms with Gasteiger partial charge in [0.1, 0.15) is 0 Å². The van der Waals surface area contributed by atoms with Gasteiger partial charge in [0.25, 0.3) is 0 Å². The Balaban J connectivity index is 0.000000274. The van der Waals surface area contributed by atoms with Gasteiger partial charge in [0.15, 0.2) is 0 Å². The van der Waals surface area contributed by atoms with Crippen LogP contribution in [0.15, 0.2) is 55.4 Å². The largest absolute Gasteiger partial charge is 0.273 e. The van der Waals surface area contributed by atoms with Gasteiger partial charge in [-0.05, 0) is 75.1 Å². The Kier molecular flexibility index (Phi) is 15.1. The number of aromatic nitrogens is 8. The highest BCUT2D eigenvalue weighted by molar-refractivity contribution is 5.06. The highest BCUT2D eigenvalue weighted by Crippen LogP contribution is 2.14. The van der Waals surface area contributed by atoms with Crippen molar-refractivity contribution in [3.63, 3.8) is 0 Å². The van der Waals surface area contributed by atoms with Gasteiger partial charge in [-0.3, -0.25) is 18.7 Å². The molecule has 0 bridgehead atoms. The molecule has 0 N–H and O–H groups in total. The molecule has 0 spiro atoms. The van der Waals surface area contributed by atoms with Crippen molar-refractivity contribution in [2.75, 3.05) is 0 Å². The molecule has 0 saturated heterocycles. The molecule has 224 valence electrons. The maximum atomic E-state index is 7.94. The molecule has 0 aliphatic heterocycles. The van der Waals surface area contributed by atoms with Gasteiger partial charge in [0.2, 0.25) is 0 Å². The average molecular weight is 554 g/mol. The summed E-state index contributed by atoms with van der Waals surface area (Å²) in [6, 6.07) is 5.28. The van der Waals surface area contributed by atoms with Crippen molar-refractivity contribution >= 4 is 0 Å². The molecule has 0 saturated carbocycles. The van der Waals surface area contributed by atoms with Gasteiger partial charge in [-0.1, -0.05) is 55.4 Å². The molecular weight excluding hydrogens is 496 g/mol. The topological polar surface area (TPSA) is 71.3 Å². The number of hydrogen-bond acceptors (Lipinski definition) is 4. The number of nitrogens with zero attached hydrogens (tertiary/aromatic N) is 8. The Morgan fingerprint density at radius 3 is 1.70 bits per heavy atom. The molecule has 1 unspecified atom stereocenters. The van der Waals surface area contributed by atoms with E-state index in [9.17, 15) is 0 Å². The lowest BCUT2D eigenvalue weighted by Crippen LogP contribution is -2.11. The first-order valence-electron chi connectivity index (χ1n) is 15.1. The molecule has 0 radical (unpaired) electrons. The summed E-state index contributed by atoms with van der Waals surface area (Å²) in [5.74, 6) is 2.31. The number of hydrogen-bond donors (Lipinski definition) is 0. The molecule has 4 aromatic heterocycles. The van der Waals surface area contributed by atoms with Gasteiger partial charge in [0.05, 0.1) is 19.3 Å². The Labute approximate surface area is 245 Å². The monoisotopic (exact) mass is 553 g/mol. The van der Waals surface area contributed by atoms with Crippen molar-refractivity contribution in [2.45, 2.75) is 109 Å². The second-order valence-corrected chi connectivity index (χ2v) is 12.0. The van der Waals surface area contributed by atoms with Crippen LogP contribution < -0.4 is 0 Å². The van der Waals surface area contributed by atoms with Crippen molar-refractivity contribution in [3.8, 4) is 0 Å². The minimum atomic E-state index is -0.622. The van der Waals surface area contributed by atoms with E-state index in [1.165, 1.54) is 11.3 Å². The third-order valence-corrected chi connectivity index (χ3v) is 5.77. The smallest absolute Gasteiger partial charge is 0.0596 e. The summed E-state index contributed by atoms with van der Waals surface area (Å²) in [5.41, 5.74) is 3.61. The van der Waals surface area contributed by atoms with Crippen molar-refractivity contribution in [1.82, 2.24) is 39.1 Å². The molecular formula is C32H56N8. The molecule has 4 rings (SSSR count). The number of rotatable bonds is 8. The van der Waals surface area contributed by atoms with Gasteiger partial charge in [-0.15, -0.1) is 0 Å². The standard InChI is InChI=1S/C9H16N2.2C8H14N2.C7H12N2/c1-7(2)6-11-9(4)5-8(3)10-11;1-7(2)5-10-6-8(3)4-9-10;1-7(2)8(3)10-6-4-5-9-10;1-7(2)6-9-5-3-4-8-9/h5,7H,6H2,1-4H3;4,6-7H,5H2,1-3H3;4-8H,1-3H3;3-5,7H,6H2,1-2H3/i;;8D;. The summed E-state index contributed by atoms with van der Waals surface area (Å²) in [6.45, 7) is 28.3. The zero-order valence-corrected chi connectivity index (χ0v) is 27.2. The van der Waals surface area contributed by atoms with Crippen LogP contribution in [-0.2, 0) is 19.6 Å². The van der Waals surface area contributed by atoms with Crippen LogP contribution in [0.2, 0.25) is 0 Å². The second-order valence-electron chi connectivity index (χ2n) is 12.0. The molecule has 0 fully saturated rings. The zero-order valence-electron chi connectivity index (χ0n) is 28.2. The van der Waals surface area contributed by atoms with Gasteiger partial charge >= 0.3 is 0 Å². The fourth-order valence-corrected chi connectivity index (χ4v) is 3.67. The molecule has 1 atom stereocenters. The lowest BCUT2D eigenvalue weighted by Gasteiger charge is -2.15. The number of aryl methyl sites for hydroxylation is 3. The van der Waals surface area contributed by atoms with Crippen LogP contribution in [0.4, 0.5) is 0 Å². The predicted octanol–water partition coefficient (Wildman–Crippen LogP) is 7.64. The lowest BCUT2D eigenvalue weighted by molar-refractivity contribution is 0.375. The van der Waals surface area contributed by atoms with Crippen LogP contribution in [-0.4, -0.2) is 39.1 Å². The molecule has 8 nitrogen and oxygen atoms in total. The minimum Gasteiger partial charge on any atom is -0.273 e. The Morgan fingerprint density at radius 1 is 0.725 bits per heavy atom. The van der Waals surface area contributed by atoms with Crippen molar-refractivity contribution in [3.05, 3.63) is 72.3 Å². The second kappa shape index (κ2) is 18.2. The quantitative estimate of drug-likeness (QED) is 0.225. The maximum absolute atomic E-state index is 7.94. The van der Waals surface area contributed by atoms with Gasteiger partial charge < -0.3 is 0 Å². The Morgan fingerprint density at radius 2 is 1.30 bits per heavy atom. The maximum Gasteiger partial charge on any atom is 0.0596 e. The van der Waals surface area contributed by atoms with Crippen molar-refractivity contribution in [1.29, 1.82) is 0 Å². The summed E-state index contributed by atoms with van der Waals surface area (Å²) >= 11 is 0. The third kappa shape index (κ3) is 14.8. The van der Waals surface area contributed by atoms with E-state index < -0.39 is 6.02 Å².